The van der Waals surface area contributed by atoms with Gasteiger partial charge in [-0.05, 0) is 24.3 Å². The molecule has 0 atom stereocenters. The van der Waals surface area contributed by atoms with Crippen LogP contribution in [0.2, 0.25) is 0 Å². The van der Waals surface area contributed by atoms with Crippen molar-refractivity contribution in [2.75, 3.05) is 0 Å². The van der Waals surface area contributed by atoms with E-state index in [-0.39, 0.29) is 5.75 Å². The second kappa shape index (κ2) is 5.02. The van der Waals surface area contributed by atoms with Crippen molar-refractivity contribution < 1.29 is 9.90 Å². The maximum atomic E-state index is 11.0. The van der Waals surface area contributed by atoms with E-state index in [1.807, 2.05) is 0 Å². The molecule has 0 aliphatic carbocycles. The number of aromatic nitrogens is 1. The minimum Gasteiger partial charge on any atom is -0.508 e. The van der Waals surface area contributed by atoms with Crippen molar-refractivity contribution in [3.05, 3.63) is 59.4 Å². The summed E-state index contributed by atoms with van der Waals surface area (Å²) in [7, 11) is 0. The summed E-state index contributed by atoms with van der Waals surface area (Å²) in [5.41, 5.74) is 6.74. The summed E-state index contributed by atoms with van der Waals surface area (Å²) in [6.07, 6.45) is 2.93. The van der Waals surface area contributed by atoms with Crippen molar-refractivity contribution in [3.63, 3.8) is 0 Å². The number of aromatic hydroxyl groups is 1. The van der Waals surface area contributed by atoms with Gasteiger partial charge in [0.1, 0.15) is 5.75 Å². The van der Waals surface area contributed by atoms with E-state index >= 15 is 0 Å². The van der Waals surface area contributed by atoms with Crippen molar-refractivity contribution >= 4 is 5.91 Å². The summed E-state index contributed by atoms with van der Waals surface area (Å²) in [5, 5.41) is 9.29. The number of hydrogen-bond acceptors (Lipinski definition) is 3. The summed E-state index contributed by atoms with van der Waals surface area (Å²) >= 11 is 0. The fraction of sp³-hybridized carbons (Fsp3) is 0. The van der Waals surface area contributed by atoms with E-state index < -0.39 is 5.91 Å². The molecule has 1 aromatic carbocycles. The normalized spacial score (nSPS) is 9.33. The van der Waals surface area contributed by atoms with Crippen molar-refractivity contribution in [2.24, 2.45) is 5.73 Å². The molecule has 1 heterocycles. The monoisotopic (exact) mass is 238 g/mol. The molecule has 18 heavy (non-hydrogen) atoms. The highest BCUT2D eigenvalue weighted by Gasteiger charge is 2.00. The van der Waals surface area contributed by atoms with Crippen LogP contribution in [-0.4, -0.2) is 16.0 Å². The van der Waals surface area contributed by atoms with Gasteiger partial charge in [0.25, 0.3) is 0 Å². The lowest BCUT2D eigenvalue weighted by Gasteiger charge is -1.95. The zero-order valence-electron chi connectivity index (χ0n) is 9.42. The molecule has 3 N–H and O–H groups in total. The number of hydrogen-bond donors (Lipinski definition) is 2. The fourth-order valence-corrected chi connectivity index (χ4v) is 1.37. The Morgan fingerprint density at radius 1 is 1.17 bits per heavy atom. The topological polar surface area (TPSA) is 76.2 Å². The van der Waals surface area contributed by atoms with E-state index in [1.165, 1.54) is 6.20 Å². The molecule has 1 aromatic heterocycles. The van der Waals surface area contributed by atoms with Gasteiger partial charge in [-0.1, -0.05) is 17.9 Å². The molecule has 0 bridgehead atoms. The number of nitrogens with zero attached hydrogens (tertiary/aromatic N) is 1. The van der Waals surface area contributed by atoms with Gasteiger partial charge >= 0.3 is 0 Å². The van der Waals surface area contributed by atoms with Crippen LogP contribution in [0.4, 0.5) is 0 Å². The lowest BCUT2D eigenvalue weighted by atomic mass is 10.1. The van der Waals surface area contributed by atoms with Crippen molar-refractivity contribution in [1.29, 1.82) is 0 Å². The number of amides is 1. The number of carbonyl (C=O) groups excluding carboxylic acids is 1. The number of carbonyl (C=O) groups is 1. The number of nitrogens with two attached hydrogens (primary N) is 1. The number of rotatable bonds is 1. The minimum absolute atomic E-state index is 0.158. The molecule has 0 saturated carbocycles. The van der Waals surface area contributed by atoms with E-state index in [1.54, 1.807) is 36.5 Å². The summed E-state index contributed by atoms with van der Waals surface area (Å²) in [4.78, 5) is 14.9. The van der Waals surface area contributed by atoms with Crippen molar-refractivity contribution in [1.82, 2.24) is 4.98 Å². The average Bonchev–Trinajstić information content (AvgIpc) is 2.37. The van der Waals surface area contributed by atoms with Gasteiger partial charge < -0.3 is 10.8 Å². The number of primary amides is 1. The van der Waals surface area contributed by atoms with Crippen LogP contribution in [0.1, 0.15) is 21.5 Å². The first-order valence-electron chi connectivity index (χ1n) is 5.21. The summed E-state index contributed by atoms with van der Waals surface area (Å²) < 4.78 is 0. The third-order valence-electron chi connectivity index (χ3n) is 2.22. The smallest absolute Gasteiger partial charge is 0.250 e. The molecule has 1 amide bonds. The molecule has 0 aliphatic rings. The van der Waals surface area contributed by atoms with Gasteiger partial charge in [0.15, 0.2) is 0 Å². The molecule has 4 heteroatoms. The molecule has 4 nitrogen and oxygen atoms in total. The SMILES string of the molecule is NC(=O)c1cncc(C#Cc2cccc(O)c2)c1. The number of phenolic OH excluding ortho intramolecular Hbond substituents is 1. The van der Waals surface area contributed by atoms with Gasteiger partial charge in [0.05, 0.1) is 5.56 Å². The maximum Gasteiger partial charge on any atom is 0.250 e. The van der Waals surface area contributed by atoms with Crippen LogP contribution >= 0.6 is 0 Å². The van der Waals surface area contributed by atoms with Gasteiger partial charge in [0, 0.05) is 23.5 Å². The van der Waals surface area contributed by atoms with E-state index in [0.717, 1.165) is 0 Å². The molecule has 0 radical (unpaired) electrons. The van der Waals surface area contributed by atoms with Crippen LogP contribution in [0.15, 0.2) is 42.7 Å². The van der Waals surface area contributed by atoms with Gasteiger partial charge in [-0.25, -0.2) is 0 Å². The molecule has 0 spiro atoms. The molecule has 0 unspecified atom stereocenters. The molecule has 2 rings (SSSR count). The van der Waals surface area contributed by atoms with E-state index in [0.29, 0.717) is 16.7 Å². The maximum absolute atomic E-state index is 11.0. The Balaban J connectivity index is 2.30. The highest BCUT2D eigenvalue weighted by molar-refractivity contribution is 5.92. The molecule has 88 valence electrons. The molecular weight excluding hydrogens is 228 g/mol. The molecule has 0 aliphatic heterocycles. The van der Waals surface area contributed by atoms with Crippen LogP contribution in [0.25, 0.3) is 0 Å². The Morgan fingerprint density at radius 2 is 1.94 bits per heavy atom. The number of pyridine rings is 1. The second-order valence-corrected chi connectivity index (χ2v) is 3.63. The zero-order chi connectivity index (χ0) is 13.0. The zero-order valence-corrected chi connectivity index (χ0v) is 9.42. The Hall–Kier alpha value is -2.80. The average molecular weight is 238 g/mol. The minimum atomic E-state index is -0.538. The standard InChI is InChI=1S/C14H10N2O2/c15-14(18)12-6-11(8-16-9-12)5-4-10-2-1-3-13(17)7-10/h1-3,6-9,17H,(H2,15,18). The van der Waals surface area contributed by atoms with Crippen LogP contribution in [-0.2, 0) is 0 Å². The summed E-state index contributed by atoms with van der Waals surface area (Å²) in [6.45, 7) is 0. The summed E-state index contributed by atoms with van der Waals surface area (Å²) in [5.74, 6) is 5.34. The first-order valence-corrected chi connectivity index (χ1v) is 5.21. The molecule has 2 aromatic rings. The lowest BCUT2D eigenvalue weighted by Crippen LogP contribution is -2.11. The number of benzene rings is 1. The largest absolute Gasteiger partial charge is 0.508 e. The third-order valence-corrected chi connectivity index (χ3v) is 2.22. The van der Waals surface area contributed by atoms with E-state index in [4.69, 9.17) is 5.73 Å². The Kier molecular flexibility index (Phi) is 3.26. The lowest BCUT2D eigenvalue weighted by molar-refractivity contribution is 0.1000. The quantitative estimate of drug-likeness (QED) is 0.735. The van der Waals surface area contributed by atoms with Gasteiger partial charge in [-0.3, -0.25) is 9.78 Å². The first-order chi connectivity index (χ1) is 8.65. The van der Waals surface area contributed by atoms with Crippen LogP contribution in [0.5, 0.6) is 5.75 Å². The first kappa shape index (κ1) is 11.7. The van der Waals surface area contributed by atoms with Gasteiger partial charge in [-0.15, -0.1) is 0 Å². The van der Waals surface area contributed by atoms with Crippen molar-refractivity contribution in [2.45, 2.75) is 0 Å². The predicted molar refractivity (Wildman–Crippen MR) is 66.8 cm³/mol. The fourth-order valence-electron chi connectivity index (χ4n) is 1.37. The molecular formula is C14H10N2O2. The van der Waals surface area contributed by atoms with Gasteiger partial charge in [0.2, 0.25) is 5.91 Å². The Bertz CT molecular complexity index is 654. The predicted octanol–water partition coefficient (Wildman–Crippen LogP) is 1.29. The van der Waals surface area contributed by atoms with Crippen LogP contribution < -0.4 is 5.73 Å². The number of phenols is 1. The van der Waals surface area contributed by atoms with E-state index in [2.05, 4.69) is 16.8 Å². The van der Waals surface area contributed by atoms with Crippen LogP contribution in [0, 0.1) is 11.8 Å². The second-order valence-electron chi connectivity index (χ2n) is 3.63. The third kappa shape index (κ3) is 2.86. The Morgan fingerprint density at radius 3 is 2.67 bits per heavy atom. The summed E-state index contributed by atoms with van der Waals surface area (Å²) in [6, 6.07) is 8.18. The van der Waals surface area contributed by atoms with Crippen molar-refractivity contribution in [3.8, 4) is 17.6 Å². The molecule has 0 fully saturated rings. The van der Waals surface area contributed by atoms with Gasteiger partial charge in [-0.2, -0.15) is 0 Å². The van der Waals surface area contributed by atoms with E-state index in [9.17, 15) is 9.90 Å². The highest BCUT2D eigenvalue weighted by atomic mass is 16.3. The molecule has 0 saturated heterocycles. The Labute approximate surface area is 104 Å². The van der Waals surface area contributed by atoms with Crippen LogP contribution in [0.3, 0.4) is 0 Å². The highest BCUT2D eigenvalue weighted by Crippen LogP contribution is 2.09.